The zero-order valence-corrected chi connectivity index (χ0v) is 13.3. The highest BCUT2D eigenvalue weighted by molar-refractivity contribution is 5.97. The molecule has 0 spiro atoms. The third kappa shape index (κ3) is 3.50. The predicted octanol–water partition coefficient (Wildman–Crippen LogP) is 1.85. The summed E-state index contributed by atoms with van der Waals surface area (Å²) < 4.78 is 5.30. The van der Waals surface area contributed by atoms with Gasteiger partial charge in [0, 0.05) is 19.1 Å². The molecule has 1 aromatic carbocycles. The molecule has 1 fully saturated rings. The highest BCUT2D eigenvalue weighted by atomic mass is 16.5. The summed E-state index contributed by atoms with van der Waals surface area (Å²) in [5.41, 5.74) is 0.736. The largest absolute Gasteiger partial charge is 0.495 e. The molecule has 6 heteroatoms. The van der Waals surface area contributed by atoms with E-state index in [1.165, 1.54) is 0 Å². The van der Waals surface area contributed by atoms with Crippen molar-refractivity contribution in [2.24, 2.45) is 0 Å². The van der Waals surface area contributed by atoms with Gasteiger partial charge in [0.1, 0.15) is 12.3 Å². The lowest BCUT2D eigenvalue weighted by atomic mass is 10.2. The lowest BCUT2D eigenvalue weighted by Crippen LogP contribution is -2.42. The number of ether oxygens (including phenoxy) is 1. The molecule has 1 aliphatic rings. The summed E-state index contributed by atoms with van der Waals surface area (Å²) in [6.45, 7) is 5.13. The Morgan fingerprint density at radius 3 is 2.77 bits per heavy atom. The van der Waals surface area contributed by atoms with Gasteiger partial charge in [-0.25, -0.2) is 4.79 Å². The van der Waals surface area contributed by atoms with E-state index >= 15 is 0 Å². The van der Waals surface area contributed by atoms with Gasteiger partial charge in [0.15, 0.2) is 0 Å². The first kappa shape index (κ1) is 16.1. The van der Waals surface area contributed by atoms with E-state index in [2.05, 4.69) is 5.32 Å². The molecule has 0 bridgehead atoms. The summed E-state index contributed by atoms with van der Waals surface area (Å²) in [5.74, 6) is 0.534. The standard InChI is InChI=1S/C16H23N3O3/c1-4-12(2)17-15(20)11-18-9-10-19(16(18)21)13-7-5-6-8-14(13)22-3/h5-8,12H,4,9-11H2,1-3H3,(H,17,20). The maximum atomic E-state index is 12.5. The first-order chi connectivity index (χ1) is 10.6. The Kier molecular flexibility index (Phi) is 5.25. The summed E-state index contributed by atoms with van der Waals surface area (Å²) in [4.78, 5) is 27.6. The number of para-hydroxylation sites is 2. The number of nitrogens with one attached hydrogen (secondary N) is 1. The number of hydrogen-bond acceptors (Lipinski definition) is 3. The second kappa shape index (κ2) is 7.15. The molecule has 0 aromatic heterocycles. The third-order valence-electron chi connectivity index (χ3n) is 3.83. The van der Waals surface area contributed by atoms with Crippen molar-refractivity contribution in [3.8, 4) is 5.75 Å². The molecule has 2 rings (SSSR count). The van der Waals surface area contributed by atoms with E-state index in [-0.39, 0.29) is 24.5 Å². The maximum Gasteiger partial charge on any atom is 0.325 e. The zero-order chi connectivity index (χ0) is 16.1. The molecule has 120 valence electrons. The van der Waals surface area contributed by atoms with E-state index < -0.39 is 0 Å². The summed E-state index contributed by atoms with van der Waals surface area (Å²) in [7, 11) is 1.58. The van der Waals surface area contributed by atoms with Crippen LogP contribution in [0.3, 0.4) is 0 Å². The van der Waals surface area contributed by atoms with E-state index in [0.29, 0.717) is 18.8 Å². The number of hydrogen-bond donors (Lipinski definition) is 1. The van der Waals surface area contributed by atoms with Crippen LogP contribution in [0, 0.1) is 0 Å². The van der Waals surface area contributed by atoms with Crippen LogP contribution >= 0.6 is 0 Å². The number of benzene rings is 1. The normalized spacial score (nSPS) is 15.9. The van der Waals surface area contributed by atoms with Crippen LogP contribution in [0.15, 0.2) is 24.3 Å². The van der Waals surface area contributed by atoms with Crippen molar-refractivity contribution in [3.63, 3.8) is 0 Å². The Balaban J connectivity index is 2.02. The first-order valence-electron chi connectivity index (χ1n) is 7.55. The third-order valence-corrected chi connectivity index (χ3v) is 3.83. The molecule has 1 atom stereocenters. The van der Waals surface area contributed by atoms with Crippen LogP contribution < -0.4 is 15.0 Å². The van der Waals surface area contributed by atoms with E-state index in [0.717, 1.165) is 12.1 Å². The van der Waals surface area contributed by atoms with Crippen molar-refractivity contribution < 1.29 is 14.3 Å². The van der Waals surface area contributed by atoms with Gasteiger partial charge in [0.2, 0.25) is 5.91 Å². The van der Waals surface area contributed by atoms with Crippen molar-refractivity contribution in [3.05, 3.63) is 24.3 Å². The number of urea groups is 1. The molecule has 3 amide bonds. The molecule has 1 aromatic rings. The molecule has 6 nitrogen and oxygen atoms in total. The molecule has 1 heterocycles. The quantitative estimate of drug-likeness (QED) is 0.872. The van der Waals surface area contributed by atoms with E-state index in [1.54, 1.807) is 16.9 Å². The van der Waals surface area contributed by atoms with Crippen LogP contribution in [0.4, 0.5) is 10.5 Å². The Morgan fingerprint density at radius 1 is 1.36 bits per heavy atom. The zero-order valence-electron chi connectivity index (χ0n) is 13.3. The van der Waals surface area contributed by atoms with Crippen LogP contribution in [0.2, 0.25) is 0 Å². The van der Waals surface area contributed by atoms with Gasteiger partial charge in [-0.2, -0.15) is 0 Å². The van der Waals surface area contributed by atoms with Crippen molar-refractivity contribution in [2.45, 2.75) is 26.3 Å². The Bertz CT molecular complexity index is 547. The van der Waals surface area contributed by atoms with Gasteiger partial charge in [-0.15, -0.1) is 0 Å². The van der Waals surface area contributed by atoms with Crippen LogP contribution in [0.5, 0.6) is 5.75 Å². The molecule has 0 aliphatic carbocycles. The van der Waals surface area contributed by atoms with Gasteiger partial charge >= 0.3 is 6.03 Å². The number of methoxy groups -OCH3 is 1. The number of rotatable bonds is 6. The van der Waals surface area contributed by atoms with Gasteiger partial charge in [-0.05, 0) is 25.5 Å². The highest BCUT2D eigenvalue weighted by Gasteiger charge is 2.32. The minimum atomic E-state index is -0.163. The Hall–Kier alpha value is -2.24. The number of carbonyl (C=O) groups excluding carboxylic acids is 2. The summed E-state index contributed by atoms with van der Waals surface area (Å²) in [5, 5.41) is 2.88. The van der Waals surface area contributed by atoms with E-state index in [9.17, 15) is 9.59 Å². The second-order valence-electron chi connectivity index (χ2n) is 5.40. The minimum absolute atomic E-state index is 0.0921. The number of amides is 3. The van der Waals surface area contributed by atoms with Crippen LogP contribution in [-0.4, -0.2) is 49.6 Å². The summed E-state index contributed by atoms with van der Waals surface area (Å²) in [6.07, 6.45) is 0.868. The van der Waals surface area contributed by atoms with E-state index in [4.69, 9.17) is 4.74 Å². The fraction of sp³-hybridized carbons (Fsp3) is 0.500. The second-order valence-corrected chi connectivity index (χ2v) is 5.40. The average molecular weight is 305 g/mol. The molecular formula is C16H23N3O3. The summed E-state index contributed by atoms with van der Waals surface area (Å²) in [6, 6.07) is 7.35. The van der Waals surface area contributed by atoms with E-state index in [1.807, 2.05) is 38.1 Å². The number of carbonyl (C=O) groups is 2. The SMILES string of the molecule is CCC(C)NC(=O)CN1CCN(c2ccccc2OC)C1=O. The fourth-order valence-corrected chi connectivity index (χ4v) is 2.40. The fourth-order valence-electron chi connectivity index (χ4n) is 2.40. The molecule has 22 heavy (non-hydrogen) atoms. The minimum Gasteiger partial charge on any atom is -0.495 e. The number of anilines is 1. The Labute approximate surface area is 131 Å². The molecule has 1 aliphatic heterocycles. The van der Waals surface area contributed by atoms with Crippen LogP contribution in [0.1, 0.15) is 20.3 Å². The van der Waals surface area contributed by atoms with Gasteiger partial charge in [0.25, 0.3) is 0 Å². The molecule has 0 saturated carbocycles. The highest BCUT2D eigenvalue weighted by Crippen LogP contribution is 2.30. The molecular weight excluding hydrogens is 282 g/mol. The smallest absolute Gasteiger partial charge is 0.325 e. The first-order valence-corrected chi connectivity index (χ1v) is 7.55. The van der Waals surface area contributed by atoms with Crippen LogP contribution in [-0.2, 0) is 4.79 Å². The maximum absolute atomic E-state index is 12.5. The number of nitrogens with zero attached hydrogens (tertiary/aromatic N) is 2. The predicted molar refractivity (Wildman–Crippen MR) is 85.2 cm³/mol. The summed E-state index contributed by atoms with van der Waals surface area (Å²) >= 11 is 0. The molecule has 1 N–H and O–H groups in total. The lowest BCUT2D eigenvalue weighted by molar-refractivity contribution is -0.122. The average Bonchev–Trinajstić information content (AvgIpc) is 2.87. The van der Waals surface area contributed by atoms with Crippen molar-refractivity contribution in [2.75, 3.05) is 31.6 Å². The Morgan fingerprint density at radius 2 is 2.09 bits per heavy atom. The lowest BCUT2D eigenvalue weighted by Gasteiger charge is -2.20. The topological polar surface area (TPSA) is 61.9 Å². The van der Waals surface area contributed by atoms with Gasteiger partial charge in [-0.1, -0.05) is 19.1 Å². The molecule has 1 unspecified atom stereocenters. The van der Waals surface area contributed by atoms with Crippen molar-refractivity contribution >= 4 is 17.6 Å². The van der Waals surface area contributed by atoms with Crippen molar-refractivity contribution in [1.29, 1.82) is 0 Å². The van der Waals surface area contributed by atoms with Gasteiger partial charge < -0.3 is 15.0 Å². The van der Waals surface area contributed by atoms with Gasteiger partial charge in [-0.3, -0.25) is 9.69 Å². The van der Waals surface area contributed by atoms with Gasteiger partial charge in [0.05, 0.1) is 12.8 Å². The molecule has 0 radical (unpaired) electrons. The van der Waals surface area contributed by atoms with Crippen LogP contribution in [0.25, 0.3) is 0 Å². The molecule has 1 saturated heterocycles. The van der Waals surface area contributed by atoms with Crippen molar-refractivity contribution in [1.82, 2.24) is 10.2 Å². The monoisotopic (exact) mass is 305 g/mol.